The number of nitrogens with zero attached hydrogens (tertiary/aromatic N) is 2. The van der Waals surface area contributed by atoms with E-state index in [4.69, 9.17) is 0 Å². The highest BCUT2D eigenvalue weighted by molar-refractivity contribution is 5.94. The van der Waals surface area contributed by atoms with Crippen molar-refractivity contribution in [1.82, 2.24) is 4.98 Å². The van der Waals surface area contributed by atoms with E-state index in [9.17, 15) is 4.79 Å². The van der Waals surface area contributed by atoms with E-state index in [1.807, 2.05) is 36.4 Å². The summed E-state index contributed by atoms with van der Waals surface area (Å²) in [7, 11) is 0. The molecular weight excluding hydrogens is 224 g/mol. The molecule has 1 aromatic carbocycles. The smallest absolute Gasteiger partial charge is 0.159 e. The van der Waals surface area contributed by atoms with E-state index in [1.165, 1.54) is 0 Å². The second-order valence-corrected chi connectivity index (χ2v) is 4.04. The average Bonchev–Trinajstić information content (AvgIpc) is 2.41. The highest BCUT2D eigenvalue weighted by Crippen LogP contribution is 2.23. The predicted molar refractivity (Wildman–Crippen MR) is 73.4 cm³/mol. The molecule has 0 amide bonds. The third kappa shape index (κ3) is 2.56. The lowest BCUT2D eigenvalue weighted by molar-refractivity contribution is 0.101. The van der Waals surface area contributed by atoms with Crippen molar-refractivity contribution in [1.29, 1.82) is 0 Å². The molecule has 1 aromatic heterocycles. The Balaban J connectivity index is 2.39. The van der Waals surface area contributed by atoms with Crippen LogP contribution in [0.15, 0.2) is 48.7 Å². The number of rotatable bonds is 4. The van der Waals surface area contributed by atoms with Crippen LogP contribution in [-0.4, -0.2) is 17.3 Å². The number of hydrogen-bond donors (Lipinski definition) is 0. The van der Waals surface area contributed by atoms with Crippen LogP contribution in [0.3, 0.4) is 0 Å². The summed E-state index contributed by atoms with van der Waals surface area (Å²) in [5.41, 5.74) is 1.77. The molecule has 2 aromatic rings. The van der Waals surface area contributed by atoms with Gasteiger partial charge in [-0.05, 0) is 38.1 Å². The van der Waals surface area contributed by atoms with E-state index in [2.05, 4.69) is 16.8 Å². The van der Waals surface area contributed by atoms with E-state index in [0.717, 1.165) is 18.1 Å². The number of pyridine rings is 1. The van der Waals surface area contributed by atoms with Gasteiger partial charge in [0.2, 0.25) is 0 Å². The van der Waals surface area contributed by atoms with Gasteiger partial charge in [0.25, 0.3) is 0 Å². The van der Waals surface area contributed by atoms with Crippen molar-refractivity contribution < 1.29 is 4.79 Å². The van der Waals surface area contributed by atoms with Crippen LogP contribution < -0.4 is 4.90 Å². The predicted octanol–water partition coefficient (Wildman–Crippen LogP) is 3.44. The number of anilines is 2. The lowest BCUT2D eigenvalue weighted by Crippen LogP contribution is -2.17. The van der Waals surface area contributed by atoms with Crippen molar-refractivity contribution in [2.75, 3.05) is 11.4 Å². The lowest BCUT2D eigenvalue weighted by atomic mass is 10.2. The van der Waals surface area contributed by atoms with Crippen LogP contribution in [0, 0.1) is 0 Å². The molecule has 2 rings (SSSR count). The van der Waals surface area contributed by atoms with Crippen molar-refractivity contribution in [3.8, 4) is 0 Å². The molecule has 0 radical (unpaired) electrons. The minimum atomic E-state index is 0.0581. The van der Waals surface area contributed by atoms with E-state index < -0.39 is 0 Å². The Morgan fingerprint density at radius 1 is 1.22 bits per heavy atom. The maximum absolute atomic E-state index is 11.4. The fraction of sp³-hybridized carbons (Fsp3) is 0.200. The molecule has 0 saturated carbocycles. The number of aromatic nitrogens is 1. The Morgan fingerprint density at radius 2 is 1.94 bits per heavy atom. The fourth-order valence-electron chi connectivity index (χ4n) is 1.87. The maximum atomic E-state index is 11.4. The van der Waals surface area contributed by atoms with Crippen LogP contribution in [-0.2, 0) is 0 Å². The van der Waals surface area contributed by atoms with Gasteiger partial charge in [-0.25, -0.2) is 4.98 Å². The zero-order valence-corrected chi connectivity index (χ0v) is 10.6. The van der Waals surface area contributed by atoms with Crippen molar-refractivity contribution in [2.24, 2.45) is 0 Å². The molecule has 92 valence electrons. The lowest BCUT2D eigenvalue weighted by Gasteiger charge is -2.22. The summed E-state index contributed by atoms with van der Waals surface area (Å²) in [5.74, 6) is 0.860. The zero-order valence-electron chi connectivity index (χ0n) is 10.6. The highest BCUT2D eigenvalue weighted by atomic mass is 16.1. The highest BCUT2D eigenvalue weighted by Gasteiger charge is 2.09. The van der Waals surface area contributed by atoms with E-state index >= 15 is 0 Å². The Morgan fingerprint density at radius 3 is 2.56 bits per heavy atom. The first-order valence-corrected chi connectivity index (χ1v) is 6.02. The second-order valence-electron chi connectivity index (χ2n) is 4.04. The van der Waals surface area contributed by atoms with Crippen LogP contribution >= 0.6 is 0 Å². The van der Waals surface area contributed by atoms with Gasteiger partial charge < -0.3 is 4.90 Å². The SMILES string of the molecule is CCN(c1ccccc1)c1cc(C(C)=O)ccn1. The largest absolute Gasteiger partial charge is 0.327 e. The van der Waals surface area contributed by atoms with Crippen molar-refractivity contribution in [3.05, 3.63) is 54.2 Å². The maximum Gasteiger partial charge on any atom is 0.159 e. The Hall–Kier alpha value is -2.16. The first-order chi connectivity index (χ1) is 8.72. The summed E-state index contributed by atoms with van der Waals surface area (Å²) >= 11 is 0. The summed E-state index contributed by atoms with van der Waals surface area (Å²) < 4.78 is 0. The van der Waals surface area contributed by atoms with Gasteiger partial charge >= 0.3 is 0 Å². The summed E-state index contributed by atoms with van der Waals surface area (Å²) in [6.45, 7) is 4.44. The molecule has 0 bridgehead atoms. The fourth-order valence-corrected chi connectivity index (χ4v) is 1.87. The number of carbonyl (C=O) groups excluding carboxylic acids is 1. The molecule has 0 saturated heterocycles. The van der Waals surface area contributed by atoms with Crippen molar-refractivity contribution in [3.63, 3.8) is 0 Å². The Kier molecular flexibility index (Phi) is 3.72. The quantitative estimate of drug-likeness (QED) is 0.767. The minimum absolute atomic E-state index is 0.0581. The molecule has 0 unspecified atom stereocenters. The number of para-hydroxylation sites is 1. The number of benzene rings is 1. The Labute approximate surface area is 107 Å². The van der Waals surface area contributed by atoms with Gasteiger partial charge in [-0.3, -0.25) is 4.79 Å². The first kappa shape index (κ1) is 12.3. The molecule has 0 spiro atoms. The normalized spacial score (nSPS) is 10.1. The second kappa shape index (κ2) is 5.45. The van der Waals surface area contributed by atoms with Crippen LogP contribution in [0.1, 0.15) is 24.2 Å². The Bertz CT molecular complexity index is 537. The summed E-state index contributed by atoms with van der Waals surface area (Å²) in [5, 5.41) is 0. The van der Waals surface area contributed by atoms with Crippen LogP contribution in [0.4, 0.5) is 11.5 Å². The molecule has 0 fully saturated rings. The monoisotopic (exact) mass is 240 g/mol. The van der Waals surface area contributed by atoms with Crippen molar-refractivity contribution in [2.45, 2.75) is 13.8 Å². The summed E-state index contributed by atoms with van der Waals surface area (Å²) in [4.78, 5) is 17.8. The van der Waals surface area contributed by atoms with E-state index in [-0.39, 0.29) is 5.78 Å². The minimum Gasteiger partial charge on any atom is -0.327 e. The van der Waals surface area contributed by atoms with Crippen LogP contribution in [0.2, 0.25) is 0 Å². The van der Waals surface area contributed by atoms with Gasteiger partial charge in [-0.1, -0.05) is 18.2 Å². The van der Waals surface area contributed by atoms with Gasteiger partial charge in [0.15, 0.2) is 5.78 Å². The number of ketones is 1. The molecule has 3 nitrogen and oxygen atoms in total. The topological polar surface area (TPSA) is 33.2 Å². The molecule has 0 aliphatic rings. The van der Waals surface area contributed by atoms with Crippen LogP contribution in [0.25, 0.3) is 0 Å². The van der Waals surface area contributed by atoms with Gasteiger partial charge in [0.05, 0.1) is 0 Å². The number of carbonyl (C=O) groups is 1. The molecule has 0 aliphatic carbocycles. The molecule has 0 N–H and O–H groups in total. The molecule has 1 heterocycles. The summed E-state index contributed by atoms with van der Waals surface area (Å²) in [6, 6.07) is 13.6. The van der Waals surface area contributed by atoms with Gasteiger partial charge in [-0.2, -0.15) is 0 Å². The van der Waals surface area contributed by atoms with Gasteiger partial charge in [0, 0.05) is 24.0 Å². The molecule has 0 atom stereocenters. The number of hydrogen-bond acceptors (Lipinski definition) is 3. The molecular formula is C15H16N2O. The zero-order chi connectivity index (χ0) is 13.0. The first-order valence-electron chi connectivity index (χ1n) is 6.02. The van der Waals surface area contributed by atoms with Gasteiger partial charge in [0.1, 0.15) is 5.82 Å². The average molecular weight is 240 g/mol. The molecule has 18 heavy (non-hydrogen) atoms. The van der Waals surface area contributed by atoms with Gasteiger partial charge in [-0.15, -0.1) is 0 Å². The molecule has 3 heteroatoms. The van der Waals surface area contributed by atoms with Crippen LogP contribution in [0.5, 0.6) is 0 Å². The molecule has 0 aliphatic heterocycles. The standard InChI is InChI=1S/C15H16N2O/c1-3-17(14-7-5-4-6-8-14)15-11-13(12(2)18)9-10-16-15/h4-11H,3H2,1-2H3. The number of Topliss-reactive ketones (excluding diaryl/α,β-unsaturated/α-hetero) is 1. The van der Waals surface area contributed by atoms with E-state index in [1.54, 1.807) is 19.2 Å². The van der Waals surface area contributed by atoms with Crippen molar-refractivity contribution >= 4 is 17.3 Å². The third-order valence-corrected chi connectivity index (χ3v) is 2.81. The third-order valence-electron chi connectivity index (χ3n) is 2.81. The summed E-state index contributed by atoms with van der Waals surface area (Å²) in [6.07, 6.45) is 1.68. The van der Waals surface area contributed by atoms with E-state index in [0.29, 0.717) is 5.56 Å².